The van der Waals surface area contributed by atoms with Gasteiger partial charge >= 0.3 is 5.97 Å². The number of nitrogens with zero attached hydrogens (tertiary/aromatic N) is 4. The third-order valence-corrected chi connectivity index (χ3v) is 6.27. The molecule has 0 aliphatic carbocycles. The summed E-state index contributed by atoms with van der Waals surface area (Å²) < 4.78 is 17.2. The molecule has 2 aromatic heterocycles. The van der Waals surface area contributed by atoms with Crippen molar-refractivity contribution in [1.29, 1.82) is 0 Å². The van der Waals surface area contributed by atoms with Gasteiger partial charge in [0.15, 0.2) is 5.60 Å². The van der Waals surface area contributed by atoms with Crippen LogP contribution in [0.4, 0.5) is 0 Å². The Morgan fingerprint density at radius 3 is 2.64 bits per heavy atom. The van der Waals surface area contributed by atoms with Crippen LogP contribution in [0.15, 0.2) is 46.5 Å². The number of carbonyl (C=O) groups is 1. The van der Waals surface area contributed by atoms with Crippen LogP contribution in [0, 0.1) is 13.8 Å². The van der Waals surface area contributed by atoms with Gasteiger partial charge in [-0.15, -0.1) is 21.5 Å². The number of hydrazine groups is 1. The Balaban J connectivity index is 1.51. The monoisotopic (exact) mass is 513 g/mol. The second kappa shape index (κ2) is 11.1. The maximum Gasteiger partial charge on any atom is 0.349 e. The lowest BCUT2D eigenvalue weighted by Crippen LogP contribution is -2.40. The number of hydroxylamine groups is 1. The molecule has 10 nitrogen and oxygen atoms in total. The summed E-state index contributed by atoms with van der Waals surface area (Å²) in [6, 6.07) is 8.01. The van der Waals surface area contributed by atoms with Crippen LogP contribution in [0.2, 0.25) is 0 Å². The Bertz CT molecular complexity index is 1180. The van der Waals surface area contributed by atoms with Gasteiger partial charge < -0.3 is 18.7 Å². The van der Waals surface area contributed by atoms with Crippen molar-refractivity contribution in [3.63, 3.8) is 0 Å². The van der Waals surface area contributed by atoms with Gasteiger partial charge in [-0.3, -0.25) is 10.3 Å². The largest absolute Gasteiger partial charge is 0.476 e. The molecular formula is C25H31N5O5S. The molecule has 3 heterocycles. The van der Waals surface area contributed by atoms with Crippen molar-refractivity contribution in [2.75, 3.05) is 13.3 Å². The molecule has 11 heteroatoms. The first-order valence-corrected chi connectivity index (χ1v) is 12.5. The summed E-state index contributed by atoms with van der Waals surface area (Å²) in [5.41, 5.74) is 4.85. The second-order valence-electron chi connectivity index (χ2n) is 8.91. The van der Waals surface area contributed by atoms with Gasteiger partial charge in [-0.1, -0.05) is 18.2 Å². The molecule has 1 N–H and O–H groups in total. The summed E-state index contributed by atoms with van der Waals surface area (Å²) >= 11 is 1.55. The fourth-order valence-electron chi connectivity index (χ4n) is 3.82. The number of thiophene rings is 1. The molecule has 0 saturated heterocycles. The predicted molar refractivity (Wildman–Crippen MR) is 134 cm³/mol. The summed E-state index contributed by atoms with van der Waals surface area (Å²) in [5.74, 6) is 1.30. The van der Waals surface area contributed by atoms with Crippen molar-refractivity contribution in [3.05, 3.63) is 64.7 Å². The summed E-state index contributed by atoms with van der Waals surface area (Å²) in [4.78, 5) is 20.8. The van der Waals surface area contributed by atoms with Crippen molar-refractivity contribution in [1.82, 2.24) is 25.7 Å². The van der Waals surface area contributed by atoms with Crippen LogP contribution in [0.1, 0.15) is 43.4 Å². The first-order chi connectivity index (χ1) is 17.2. The molecule has 1 aromatic carbocycles. The Hall–Kier alpha value is -3.41. The van der Waals surface area contributed by atoms with Gasteiger partial charge in [0, 0.05) is 6.54 Å². The molecule has 0 spiro atoms. The maximum absolute atomic E-state index is 12.3. The van der Waals surface area contributed by atoms with E-state index in [2.05, 4.69) is 32.7 Å². The van der Waals surface area contributed by atoms with E-state index in [-0.39, 0.29) is 0 Å². The Kier molecular flexibility index (Phi) is 7.92. The first-order valence-electron chi connectivity index (χ1n) is 11.7. The lowest BCUT2D eigenvalue weighted by Gasteiger charge is -2.28. The highest BCUT2D eigenvalue weighted by molar-refractivity contribution is 7.13. The number of esters is 1. The number of carbonyl (C=O) groups excluding carboxylic acids is 1. The Morgan fingerprint density at radius 2 is 2.00 bits per heavy atom. The number of benzene rings is 1. The van der Waals surface area contributed by atoms with E-state index >= 15 is 0 Å². The highest BCUT2D eigenvalue weighted by atomic mass is 32.1. The normalized spacial score (nSPS) is 13.6. The maximum atomic E-state index is 12.3. The predicted octanol–water partition coefficient (Wildman–Crippen LogP) is 4.32. The summed E-state index contributed by atoms with van der Waals surface area (Å²) in [6.07, 6.45) is 3.29. The number of nitrogens with one attached hydrogen (secondary N) is 1. The molecular weight excluding hydrogens is 482 g/mol. The zero-order chi connectivity index (χ0) is 25.7. The van der Waals surface area contributed by atoms with Crippen LogP contribution in [-0.2, 0) is 27.5 Å². The third-order valence-electron chi connectivity index (χ3n) is 5.41. The fraction of sp³-hybridized carbons (Fsp3) is 0.400. The topological polar surface area (TPSA) is 102 Å². The number of hydrogen-bond donors (Lipinski definition) is 1. The number of aryl methyl sites for hydroxylation is 2. The molecule has 0 amide bonds. The van der Waals surface area contributed by atoms with E-state index in [1.165, 1.54) is 0 Å². The van der Waals surface area contributed by atoms with Gasteiger partial charge in [0.25, 0.3) is 5.89 Å². The molecule has 0 bridgehead atoms. The van der Waals surface area contributed by atoms with Crippen molar-refractivity contribution >= 4 is 17.3 Å². The van der Waals surface area contributed by atoms with E-state index in [4.69, 9.17) is 18.7 Å². The zero-order valence-electron chi connectivity index (χ0n) is 21.1. The molecule has 0 atom stereocenters. The SMILES string of the molecule is CCOC(=O)C(C)(C)Oc1c(C)cc(CN(Cc2nnc(-c3cccs3)o2)CN2NC=CO2)cc1C. The number of aromatic nitrogens is 2. The lowest BCUT2D eigenvalue weighted by atomic mass is 10.0. The zero-order valence-corrected chi connectivity index (χ0v) is 21.9. The van der Waals surface area contributed by atoms with Crippen LogP contribution in [0.3, 0.4) is 0 Å². The van der Waals surface area contributed by atoms with Gasteiger partial charge in [-0.2, -0.15) is 0 Å². The minimum atomic E-state index is -1.09. The van der Waals surface area contributed by atoms with Gasteiger partial charge in [0.2, 0.25) is 5.89 Å². The van der Waals surface area contributed by atoms with E-state index in [0.717, 1.165) is 21.6 Å². The summed E-state index contributed by atoms with van der Waals surface area (Å²) in [6.45, 7) is 10.9. The highest BCUT2D eigenvalue weighted by Crippen LogP contribution is 2.30. The molecule has 192 valence electrons. The van der Waals surface area contributed by atoms with Gasteiger partial charge in [0.1, 0.15) is 18.7 Å². The van der Waals surface area contributed by atoms with Crippen molar-refractivity contribution < 1.29 is 23.5 Å². The Labute approximate surface area is 214 Å². The molecule has 0 unspecified atom stereocenters. The summed E-state index contributed by atoms with van der Waals surface area (Å²) in [7, 11) is 0. The standard InChI is InChI=1S/C25H31N5O5S/c1-6-32-24(31)25(4,5)35-22-17(2)12-19(13-18(22)3)14-29(16-30-26-9-10-33-30)15-21-27-28-23(34-21)20-8-7-11-36-20/h7-13,26H,6,14-16H2,1-5H3. The smallest absolute Gasteiger partial charge is 0.349 e. The average molecular weight is 514 g/mol. The molecule has 0 fully saturated rings. The molecule has 36 heavy (non-hydrogen) atoms. The van der Waals surface area contributed by atoms with Crippen LogP contribution >= 0.6 is 11.3 Å². The van der Waals surface area contributed by atoms with Gasteiger partial charge in [-0.25, -0.2) is 4.79 Å². The molecule has 1 aliphatic heterocycles. The molecule has 0 radical (unpaired) electrons. The Morgan fingerprint density at radius 1 is 1.22 bits per heavy atom. The summed E-state index contributed by atoms with van der Waals surface area (Å²) in [5, 5.41) is 12.0. The minimum Gasteiger partial charge on any atom is -0.476 e. The van der Waals surface area contributed by atoms with Crippen LogP contribution in [0.5, 0.6) is 5.75 Å². The van der Waals surface area contributed by atoms with E-state index in [1.54, 1.807) is 49.7 Å². The highest BCUT2D eigenvalue weighted by Gasteiger charge is 2.32. The van der Waals surface area contributed by atoms with Crippen LogP contribution in [-0.4, -0.2) is 45.1 Å². The number of hydrogen-bond acceptors (Lipinski definition) is 11. The second-order valence-corrected chi connectivity index (χ2v) is 9.86. The van der Waals surface area contributed by atoms with Gasteiger partial charge in [-0.05, 0) is 67.9 Å². The lowest BCUT2D eigenvalue weighted by molar-refractivity contribution is -0.158. The first kappa shape index (κ1) is 25.7. The van der Waals surface area contributed by atoms with E-state index in [1.807, 2.05) is 31.4 Å². The van der Waals surface area contributed by atoms with Gasteiger partial charge in [0.05, 0.1) is 24.2 Å². The van der Waals surface area contributed by atoms with Crippen LogP contribution in [0.25, 0.3) is 10.8 Å². The quantitative estimate of drug-likeness (QED) is 0.373. The van der Waals surface area contributed by atoms with Crippen molar-refractivity contribution in [3.8, 4) is 16.5 Å². The number of ether oxygens (including phenoxy) is 2. The van der Waals surface area contributed by atoms with E-state index in [0.29, 0.717) is 43.9 Å². The van der Waals surface area contributed by atoms with Crippen molar-refractivity contribution in [2.24, 2.45) is 0 Å². The van der Waals surface area contributed by atoms with E-state index in [9.17, 15) is 4.79 Å². The van der Waals surface area contributed by atoms with E-state index < -0.39 is 11.6 Å². The molecule has 3 aromatic rings. The molecule has 1 aliphatic rings. The molecule has 4 rings (SSSR count). The number of rotatable bonds is 11. The third kappa shape index (κ3) is 6.23. The average Bonchev–Trinajstić information content (AvgIpc) is 3.59. The van der Waals surface area contributed by atoms with Crippen molar-refractivity contribution in [2.45, 2.75) is 53.3 Å². The molecule has 0 saturated carbocycles. The fourth-order valence-corrected chi connectivity index (χ4v) is 4.46. The minimum absolute atomic E-state index is 0.304. The van der Waals surface area contributed by atoms with Crippen LogP contribution < -0.4 is 10.2 Å².